The molecule has 52 heavy (non-hydrogen) atoms. The summed E-state index contributed by atoms with van der Waals surface area (Å²) in [5.74, 6) is 0.694. The zero-order chi connectivity index (χ0) is 37.4. The lowest BCUT2D eigenvalue weighted by molar-refractivity contribution is 0.00973. The number of likely N-dealkylation sites (tertiary alicyclic amines) is 2. The third-order valence-corrected chi connectivity index (χ3v) is 9.44. The quantitative estimate of drug-likeness (QED) is 0.239. The van der Waals surface area contributed by atoms with E-state index in [9.17, 15) is 9.59 Å². The van der Waals surface area contributed by atoms with Gasteiger partial charge in [-0.25, -0.2) is 14.6 Å². The number of nitrogens with one attached hydrogen (secondary N) is 2. The molecule has 2 saturated heterocycles. The molecule has 2 unspecified atom stereocenters. The summed E-state index contributed by atoms with van der Waals surface area (Å²) in [4.78, 5) is 41.1. The zero-order valence-electron chi connectivity index (χ0n) is 31.8. The largest absolute Gasteiger partial charge is 0.444 e. The summed E-state index contributed by atoms with van der Waals surface area (Å²) in [6.45, 7) is 21.2. The molecule has 0 saturated carbocycles. The Kier molecular flexibility index (Phi) is 10.3. The van der Waals surface area contributed by atoms with Crippen molar-refractivity contribution in [3.8, 4) is 11.1 Å². The molecule has 4 heterocycles. The molecule has 3 aliphatic heterocycles. The van der Waals surface area contributed by atoms with E-state index in [0.29, 0.717) is 31.6 Å². The number of nitrogens with zero attached hydrogens (tertiary/aromatic N) is 5. The van der Waals surface area contributed by atoms with Gasteiger partial charge in [0.2, 0.25) is 0 Å². The second-order valence-electron chi connectivity index (χ2n) is 16.4. The number of hydrogen-bond donors (Lipinski definition) is 2. The minimum atomic E-state index is -0.570. The van der Waals surface area contributed by atoms with Gasteiger partial charge in [0.05, 0.1) is 29.3 Å². The van der Waals surface area contributed by atoms with E-state index in [0.717, 1.165) is 57.5 Å². The lowest BCUT2D eigenvalue weighted by Gasteiger charge is -2.35. The topological polar surface area (TPSA) is 112 Å². The lowest BCUT2D eigenvalue weighted by Crippen LogP contribution is -2.48. The molecule has 3 aromatic rings. The molecule has 6 rings (SSSR count). The number of hydrogen-bond acceptors (Lipinski definition) is 9. The van der Waals surface area contributed by atoms with E-state index in [1.165, 1.54) is 0 Å². The van der Waals surface area contributed by atoms with Crippen molar-refractivity contribution >= 4 is 41.2 Å². The number of aliphatic imine (C=N–C) groups is 1. The van der Waals surface area contributed by atoms with Crippen LogP contribution in [-0.2, 0) is 9.47 Å². The molecule has 0 bridgehead atoms. The van der Waals surface area contributed by atoms with Gasteiger partial charge in [0, 0.05) is 30.9 Å². The first-order chi connectivity index (χ1) is 24.6. The summed E-state index contributed by atoms with van der Waals surface area (Å²) >= 11 is 0. The van der Waals surface area contributed by atoms with Crippen LogP contribution in [0.1, 0.15) is 79.5 Å². The highest BCUT2D eigenvalue weighted by Crippen LogP contribution is 2.35. The van der Waals surface area contributed by atoms with Crippen molar-refractivity contribution in [2.45, 2.75) is 91.8 Å². The molecule has 4 atom stereocenters. The van der Waals surface area contributed by atoms with Crippen LogP contribution < -0.4 is 10.6 Å². The number of fused-ring (bicyclic) bond motifs is 1. The molecule has 2 N–H and O–H groups in total. The molecule has 11 heteroatoms. The molecular weight excluding hydrogens is 654 g/mol. The van der Waals surface area contributed by atoms with Crippen LogP contribution in [0.4, 0.5) is 9.59 Å². The molecule has 1 aromatic heterocycles. The molecule has 2 amide bonds. The minimum Gasteiger partial charge on any atom is -0.444 e. The number of rotatable bonds is 7. The van der Waals surface area contributed by atoms with E-state index in [1.54, 1.807) is 11.1 Å². The summed E-state index contributed by atoms with van der Waals surface area (Å²) < 4.78 is 11.5. The molecule has 2 aromatic carbocycles. The van der Waals surface area contributed by atoms with Gasteiger partial charge in [-0.1, -0.05) is 50.2 Å². The van der Waals surface area contributed by atoms with Gasteiger partial charge < -0.3 is 25.0 Å². The van der Waals surface area contributed by atoms with E-state index < -0.39 is 11.2 Å². The Balaban J connectivity index is 1.17. The number of ether oxygens (including phenoxy) is 2. The summed E-state index contributed by atoms with van der Waals surface area (Å²) in [5.41, 5.74) is 5.44. The van der Waals surface area contributed by atoms with Crippen LogP contribution in [0.2, 0.25) is 0 Å². The fraction of sp³-hybridized carbons (Fsp3) is 0.463. The predicted octanol–water partition coefficient (Wildman–Crippen LogP) is 7.86. The molecule has 0 radical (unpaired) electrons. The molecule has 0 spiro atoms. The van der Waals surface area contributed by atoms with Gasteiger partial charge in [-0.3, -0.25) is 14.8 Å². The molecule has 276 valence electrons. The smallest absolute Gasteiger partial charge is 0.411 e. The number of carbonyl (C=O) groups excluding carboxylic acids is 2. The van der Waals surface area contributed by atoms with Gasteiger partial charge in [0.25, 0.3) is 0 Å². The Morgan fingerprint density at radius 3 is 2.19 bits per heavy atom. The molecule has 11 nitrogen and oxygen atoms in total. The van der Waals surface area contributed by atoms with Crippen LogP contribution in [0.3, 0.4) is 0 Å². The second-order valence-corrected chi connectivity index (χ2v) is 16.4. The van der Waals surface area contributed by atoms with Gasteiger partial charge in [-0.2, -0.15) is 0 Å². The zero-order valence-corrected chi connectivity index (χ0v) is 31.8. The number of amides is 2. The van der Waals surface area contributed by atoms with E-state index in [2.05, 4.69) is 89.6 Å². The van der Waals surface area contributed by atoms with Gasteiger partial charge >= 0.3 is 12.2 Å². The van der Waals surface area contributed by atoms with E-state index >= 15 is 0 Å². The molecule has 2 fully saturated rings. The molecule has 0 aliphatic carbocycles. The average Bonchev–Trinajstić information content (AvgIpc) is 3.81. The SMILES string of the molecule is C=N/C=C(\NC1C[C@H](C)CN1C(=O)OC(C)(C)C)c1ccc(-c2ccc3nc(C4=CNCN4C4C[C@H](C)CN4C(=O)OC(C)(C)C)ccc3c2)cc1. The van der Waals surface area contributed by atoms with Gasteiger partial charge in [-0.05, 0) is 108 Å². The standard InChI is InChI=1S/C41H53N7O4/c1-26-18-36(46(23-26)38(49)51-40(3,4)5)45-34(21-42-9)29-12-10-28(11-13-29)30-14-16-32-31(20-30)15-17-33(44-32)35-22-43-25-48(35)37-19-27(2)24-47(37)39(50)52-41(6,7)8/h10-17,20-22,26-27,36-37,43,45H,9,18-19,23-25H2,1-8H3/b34-21-/t26-,27-,36?,37?/m0/s1. The maximum Gasteiger partial charge on any atom is 0.411 e. The van der Waals surface area contributed by atoms with Crippen LogP contribution >= 0.6 is 0 Å². The van der Waals surface area contributed by atoms with Crippen molar-refractivity contribution in [3.05, 3.63) is 78.3 Å². The second kappa shape index (κ2) is 14.5. The highest BCUT2D eigenvalue weighted by molar-refractivity contribution is 5.86. The van der Waals surface area contributed by atoms with Crippen molar-refractivity contribution in [1.29, 1.82) is 0 Å². The average molecular weight is 708 g/mol. The van der Waals surface area contributed by atoms with Crippen LogP contribution in [0.25, 0.3) is 33.4 Å². The van der Waals surface area contributed by atoms with Crippen LogP contribution in [0.15, 0.2) is 72.0 Å². The Morgan fingerprint density at radius 1 is 0.885 bits per heavy atom. The Labute approximate surface area is 307 Å². The third-order valence-electron chi connectivity index (χ3n) is 9.44. The minimum absolute atomic E-state index is 0.118. The number of aromatic nitrogens is 1. The van der Waals surface area contributed by atoms with E-state index in [4.69, 9.17) is 14.5 Å². The summed E-state index contributed by atoms with van der Waals surface area (Å²) in [6.07, 6.45) is 4.40. The van der Waals surface area contributed by atoms with Crippen LogP contribution in [0.5, 0.6) is 0 Å². The van der Waals surface area contributed by atoms with Crippen molar-refractivity contribution in [1.82, 2.24) is 30.3 Å². The van der Waals surface area contributed by atoms with Crippen molar-refractivity contribution in [3.63, 3.8) is 0 Å². The fourth-order valence-corrected chi connectivity index (χ4v) is 7.19. The monoisotopic (exact) mass is 707 g/mol. The van der Waals surface area contributed by atoms with Crippen LogP contribution in [-0.4, -0.2) is 81.9 Å². The third kappa shape index (κ3) is 8.35. The first kappa shape index (κ1) is 36.7. The fourth-order valence-electron chi connectivity index (χ4n) is 7.19. The Morgan fingerprint density at radius 2 is 1.52 bits per heavy atom. The highest BCUT2D eigenvalue weighted by atomic mass is 16.6. The molecular formula is C41H53N7O4. The van der Waals surface area contributed by atoms with E-state index in [1.807, 2.05) is 58.7 Å². The van der Waals surface area contributed by atoms with Crippen molar-refractivity contribution < 1.29 is 19.1 Å². The number of carbonyl (C=O) groups is 2. The van der Waals surface area contributed by atoms with Crippen molar-refractivity contribution in [2.24, 2.45) is 16.8 Å². The van der Waals surface area contributed by atoms with Crippen molar-refractivity contribution in [2.75, 3.05) is 19.8 Å². The first-order valence-electron chi connectivity index (χ1n) is 18.2. The Bertz CT molecular complexity index is 1870. The molecule has 3 aliphatic rings. The summed E-state index contributed by atoms with van der Waals surface area (Å²) in [7, 11) is 0. The van der Waals surface area contributed by atoms with Gasteiger partial charge in [-0.15, -0.1) is 0 Å². The highest BCUT2D eigenvalue weighted by Gasteiger charge is 2.41. The normalized spacial score (nSPS) is 22.3. The van der Waals surface area contributed by atoms with Gasteiger partial charge in [0.1, 0.15) is 23.5 Å². The first-order valence-corrected chi connectivity index (χ1v) is 18.2. The lowest BCUT2D eigenvalue weighted by atomic mass is 10.0. The van der Waals surface area contributed by atoms with Crippen LogP contribution in [0, 0.1) is 11.8 Å². The maximum atomic E-state index is 13.2. The summed E-state index contributed by atoms with van der Waals surface area (Å²) in [6, 6.07) is 18.7. The van der Waals surface area contributed by atoms with E-state index in [-0.39, 0.29) is 24.5 Å². The predicted molar refractivity (Wildman–Crippen MR) is 207 cm³/mol. The number of pyridine rings is 1. The van der Waals surface area contributed by atoms with Gasteiger partial charge in [0.15, 0.2) is 0 Å². The Hall–Kier alpha value is -5.06. The maximum absolute atomic E-state index is 13.2. The summed E-state index contributed by atoms with van der Waals surface area (Å²) in [5, 5.41) is 7.93. The number of benzene rings is 2.